The zero-order chi connectivity index (χ0) is 11.1. The third-order valence-corrected chi connectivity index (χ3v) is 2.89. The largest absolute Gasteiger partial charge is 0.416 e. The molecule has 82 valence electrons. The quantitative estimate of drug-likeness (QED) is 0.806. The van der Waals surface area contributed by atoms with Crippen LogP contribution in [-0.4, -0.2) is 6.54 Å². The van der Waals surface area contributed by atoms with E-state index in [1.165, 1.54) is 0 Å². The van der Waals surface area contributed by atoms with Crippen LogP contribution in [0.4, 0.5) is 13.2 Å². The second-order valence-corrected chi connectivity index (χ2v) is 3.96. The zero-order valence-corrected chi connectivity index (χ0v) is 8.09. The summed E-state index contributed by atoms with van der Waals surface area (Å²) in [4.78, 5) is 0. The molecular formula is C11H12F3N. The first-order valence-corrected chi connectivity index (χ1v) is 4.89. The number of hydrogen-bond acceptors (Lipinski definition) is 1. The van der Waals surface area contributed by atoms with Crippen molar-refractivity contribution in [1.29, 1.82) is 0 Å². The fourth-order valence-corrected chi connectivity index (χ4v) is 1.84. The van der Waals surface area contributed by atoms with Crippen molar-refractivity contribution in [2.45, 2.75) is 18.5 Å². The number of alkyl halides is 3. The van der Waals surface area contributed by atoms with Crippen LogP contribution in [0.15, 0.2) is 24.3 Å². The maximum atomic E-state index is 12.3. The predicted octanol–water partition coefficient (Wildman–Crippen LogP) is 2.77. The average Bonchev–Trinajstić information content (AvgIpc) is 2.95. The number of nitrogens with two attached hydrogens (primary N) is 1. The number of hydrogen-bond donors (Lipinski definition) is 1. The average molecular weight is 215 g/mol. The molecule has 0 radical (unpaired) electrons. The van der Waals surface area contributed by atoms with E-state index in [1.807, 2.05) is 0 Å². The molecule has 0 heterocycles. The summed E-state index contributed by atoms with van der Waals surface area (Å²) in [5.74, 6) is 0.832. The lowest BCUT2D eigenvalue weighted by molar-refractivity contribution is -0.137. The van der Waals surface area contributed by atoms with Crippen LogP contribution in [0.3, 0.4) is 0 Å². The molecule has 0 aromatic heterocycles. The maximum Gasteiger partial charge on any atom is 0.416 e. The van der Waals surface area contributed by atoms with Crippen molar-refractivity contribution in [2.24, 2.45) is 11.7 Å². The molecule has 4 heteroatoms. The molecule has 0 spiro atoms. The zero-order valence-electron chi connectivity index (χ0n) is 8.09. The summed E-state index contributed by atoms with van der Waals surface area (Å²) >= 11 is 0. The van der Waals surface area contributed by atoms with Gasteiger partial charge < -0.3 is 5.73 Å². The summed E-state index contributed by atoms with van der Waals surface area (Å²) in [7, 11) is 0. The summed E-state index contributed by atoms with van der Waals surface area (Å²) in [6, 6.07) is 5.40. The molecule has 0 saturated heterocycles. The molecule has 1 aliphatic rings. The first kappa shape index (κ1) is 10.5. The van der Waals surface area contributed by atoms with Crippen molar-refractivity contribution >= 4 is 0 Å². The van der Waals surface area contributed by atoms with Crippen molar-refractivity contribution in [3.05, 3.63) is 35.4 Å². The lowest BCUT2D eigenvalue weighted by Crippen LogP contribution is -2.05. The summed E-state index contributed by atoms with van der Waals surface area (Å²) in [6.45, 7) is 0.617. The summed E-state index contributed by atoms with van der Waals surface area (Å²) in [5, 5.41) is 0. The molecule has 1 aromatic carbocycles. The second-order valence-electron chi connectivity index (χ2n) is 3.96. The van der Waals surface area contributed by atoms with E-state index in [9.17, 15) is 13.2 Å². The van der Waals surface area contributed by atoms with Gasteiger partial charge in [-0.1, -0.05) is 12.1 Å². The molecule has 1 fully saturated rings. The molecule has 2 N–H and O–H groups in total. The van der Waals surface area contributed by atoms with E-state index >= 15 is 0 Å². The molecule has 1 aliphatic carbocycles. The Morgan fingerprint density at radius 1 is 1.20 bits per heavy atom. The van der Waals surface area contributed by atoms with E-state index in [0.717, 1.165) is 24.1 Å². The Morgan fingerprint density at radius 2 is 1.80 bits per heavy atom. The smallest absolute Gasteiger partial charge is 0.330 e. The molecule has 0 aliphatic heterocycles. The first-order valence-electron chi connectivity index (χ1n) is 4.89. The summed E-state index contributed by atoms with van der Waals surface area (Å²) in [5.41, 5.74) is 5.86. The van der Waals surface area contributed by atoms with Crippen molar-refractivity contribution in [1.82, 2.24) is 0 Å². The normalized spacial score (nSPS) is 25.3. The molecule has 0 amide bonds. The summed E-state index contributed by atoms with van der Waals surface area (Å²) in [6.07, 6.45) is -3.24. The van der Waals surface area contributed by atoms with Gasteiger partial charge in [-0.05, 0) is 42.5 Å². The third-order valence-electron chi connectivity index (χ3n) is 2.89. The lowest BCUT2D eigenvalue weighted by Gasteiger charge is -2.07. The van der Waals surface area contributed by atoms with E-state index in [-0.39, 0.29) is 0 Å². The molecule has 1 saturated carbocycles. The fourth-order valence-electron chi connectivity index (χ4n) is 1.84. The van der Waals surface area contributed by atoms with E-state index in [0.29, 0.717) is 18.4 Å². The van der Waals surface area contributed by atoms with Gasteiger partial charge in [-0.3, -0.25) is 0 Å². The fraction of sp³-hybridized carbons (Fsp3) is 0.455. The Labute approximate surface area is 86.1 Å². The molecule has 1 aromatic rings. The maximum absolute atomic E-state index is 12.3. The van der Waals surface area contributed by atoms with Crippen LogP contribution in [0.25, 0.3) is 0 Å². The van der Waals surface area contributed by atoms with Gasteiger partial charge in [0, 0.05) is 0 Å². The highest BCUT2D eigenvalue weighted by Gasteiger charge is 2.37. The van der Waals surface area contributed by atoms with Crippen LogP contribution in [-0.2, 0) is 6.18 Å². The number of halogens is 3. The van der Waals surface area contributed by atoms with Gasteiger partial charge in [-0.2, -0.15) is 13.2 Å². The number of rotatable bonds is 2. The number of benzene rings is 1. The molecule has 15 heavy (non-hydrogen) atoms. The molecule has 2 unspecified atom stereocenters. The Hall–Kier alpha value is -1.03. The Bertz CT molecular complexity index is 342. The van der Waals surface area contributed by atoms with Crippen LogP contribution in [0.2, 0.25) is 0 Å². The summed E-state index contributed by atoms with van der Waals surface area (Å²) < 4.78 is 36.8. The lowest BCUT2D eigenvalue weighted by atomic mass is 10.1. The molecule has 2 rings (SSSR count). The van der Waals surface area contributed by atoms with E-state index < -0.39 is 11.7 Å². The molecular weight excluding hydrogens is 203 g/mol. The first-order chi connectivity index (χ1) is 7.02. The monoisotopic (exact) mass is 215 g/mol. The SMILES string of the molecule is NCC1CC1c1ccc(C(F)(F)F)cc1. The van der Waals surface area contributed by atoms with E-state index in [1.54, 1.807) is 12.1 Å². The highest BCUT2D eigenvalue weighted by Crippen LogP contribution is 2.46. The van der Waals surface area contributed by atoms with Gasteiger partial charge in [-0.25, -0.2) is 0 Å². The van der Waals surface area contributed by atoms with E-state index in [4.69, 9.17) is 5.73 Å². The van der Waals surface area contributed by atoms with Gasteiger partial charge in [0.25, 0.3) is 0 Å². The third kappa shape index (κ3) is 2.15. The van der Waals surface area contributed by atoms with Crippen molar-refractivity contribution < 1.29 is 13.2 Å². The minimum atomic E-state index is -4.24. The Balaban J connectivity index is 2.12. The van der Waals surface area contributed by atoms with Crippen LogP contribution < -0.4 is 5.73 Å². The standard InChI is InChI=1S/C11H12F3N/c12-11(13,14)9-3-1-7(2-4-9)10-5-8(10)6-15/h1-4,8,10H,5-6,15H2. The van der Waals surface area contributed by atoms with Crippen LogP contribution in [0, 0.1) is 5.92 Å². The van der Waals surface area contributed by atoms with Crippen molar-refractivity contribution in [3.63, 3.8) is 0 Å². The van der Waals surface area contributed by atoms with Crippen molar-refractivity contribution in [2.75, 3.05) is 6.54 Å². The van der Waals surface area contributed by atoms with Gasteiger partial charge in [0.2, 0.25) is 0 Å². The van der Waals surface area contributed by atoms with Crippen LogP contribution >= 0.6 is 0 Å². The van der Waals surface area contributed by atoms with Gasteiger partial charge >= 0.3 is 6.18 Å². The van der Waals surface area contributed by atoms with E-state index in [2.05, 4.69) is 0 Å². The highest BCUT2D eigenvalue weighted by atomic mass is 19.4. The highest BCUT2D eigenvalue weighted by molar-refractivity contribution is 5.30. The molecule has 2 atom stereocenters. The van der Waals surface area contributed by atoms with Crippen molar-refractivity contribution in [3.8, 4) is 0 Å². The minimum Gasteiger partial charge on any atom is -0.330 e. The molecule has 1 nitrogen and oxygen atoms in total. The van der Waals surface area contributed by atoms with Crippen LogP contribution in [0.5, 0.6) is 0 Å². The predicted molar refractivity (Wildman–Crippen MR) is 51.3 cm³/mol. The Morgan fingerprint density at radius 3 is 2.20 bits per heavy atom. The van der Waals surface area contributed by atoms with Gasteiger partial charge in [0.05, 0.1) is 5.56 Å². The Kier molecular flexibility index (Phi) is 2.46. The van der Waals surface area contributed by atoms with Gasteiger partial charge in [-0.15, -0.1) is 0 Å². The second kappa shape index (κ2) is 3.52. The van der Waals surface area contributed by atoms with Gasteiger partial charge in [0.15, 0.2) is 0 Å². The minimum absolute atomic E-state index is 0.372. The van der Waals surface area contributed by atoms with Crippen LogP contribution in [0.1, 0.15) is 23.5 Å². The topological polar surface area (TPSA) is 26.0 Å². The molecule has 0 bridgehead atoms. The van der Waals surface area contributed by atoms with Gasteiger partial charge in [0.1, 0.15) is 0 Å².